The van der Waals surface area contributed by atoms with Gasteiger partial charge in [-0.1, -0.05) is 18.2 Å². The molecule has 0 bridgehead atoms. The van der Waals surface area contributed by atoms with E-state index in [0.717, 1.165) is 17.8 Å². The number of hydrogen-bond acceptors (Lipinski definition) is 5. The molecule has 3 aliphatic heterocycles. The van der Waals surface area contributed by atoms with Gasteiger partial charge in [0.05, 0.1) is 18.0 Å². The van der Waals surface area contributed by atoms with Gasteiger partial charge >= 0.3 is 0 Å². The molecule has 1 aromatic carbocycles. The first-order valence-corrected chi connectivity index (χ1v) is 10.1. The monoisotopic (exact) mass is 393 g/mol. The van der Waals surface area contributed by atoms with Crippen LogP contribution in [0.2, 0.25) is 0 Å². The molecule has 2 aromatic rings. The van der Waals surface area contributed by atoms with Gasteiger partial charge in [0.1, 0.15) is 11.3 Å². The number of para-hydroxylation sites is 1. The van der Waals surface area contributed by atoms with E-state index in [1.807, 2.05) is 39.9 Å². The Labute approximate surface area is 168 Å². The van der Waals surface area contributed by atoms with E-state index in [2.05, 4.69) is 16.7 Å². The van der Waals surface area contributed by atoms with Crippen LogP contribution in [-0.4, -0.2) is 51.9 Å². The van der Waals surface area contributed by atoms with E-state index >= 15 is 0 Å². The number of carbonyl (C=O) groups excluding carboxylic acids is 2. The summed E-state index contributed by atoms with van der Waals surface area (Å²) in [5, 5.41) is 8.82. The fourth-order valence-corrected chi connectivity index (χ4v) is 4.38. The number of ether oxygens (including phenoxy) is 1. The summed E-state index contributed by atoms with van der Waals surface area (Å²) in [7, 11) is 0. The Balaban J connectivity index is 1.34. The average Bonchev–Trinajstić information content (AvgIpc) is 3.21. The van der Waals surface area contributed by atoms with Gasteiger partial charge in [-0.2, -0.15) is 10.2 Å². The highest BCUT2D eigenvalue weighted by atomic mass is 16.5. The maximum absolute atomic E-state index is 12.7. The normalized spacial score (nSPS) is 20.8. The molecule has 0 atom stereocenters. The van der Waals surface area contributed by atoms with E-state index in [-0.39, 0.29) is 11.8 Å². The molecule has 2 amide bonds. The summed E-state index contributed by atoms with van der Waals surface area (Å²) in [6, 6.07) is 10.1. The third-order valence-electron chi connectivity index (χ3n) is 6.00. The molecule has 1 saturated heterocycles. The molecular formula is C21H23N5O3. The molecule has 29 heavy (non-hydrogen) atoms. The zero-order valence-corrected chi connectivity index (χ0v) is 16.1. The van der Waals surface area contributed by atoms with Crippen molar-refractivity contribution < 1.29 is 14.3 Å². The minimum Gasteiger partial charge on any atom is -0.368 e. The van der Waals surface area contributed by atoms with Gasteiger partial charge in [0.25, 0.3) is 5.91 Å². The lowest BCUT2D eigenvalue weighted by atomic mass is 9.83. The van der Waals surface area contributed by atoms with E-state index in [1.165, 1.54) is 5.56 Å². The summed E-state index contributed by atoms with van der Waals surface area (Å²) in [5.41, 5.74) is 5.65. The first kappa shape index (κ1) is 18.1. The number of likely N-dealkylation sites (tertiary alicyclic amines) is 1. The van der Waals surface area contributed by atoms with Crippen LogP contribution in [0.25, 0.3) is 5.69 Å². The number of aromatic nitrogens is 2. The smallest absolute Gasteiger partial charge is 0.270 e. The molecule has 0 saturated carbocycles. The summed E-state index contributed by atoms with van der Waals surface area (Å²) >= 11 is 0. The topological polar surface area (TPSA) is 88.8 Å². The van der Waals surface area contributed by atoms with Crippen molar-refractivity contribution in [3.05, 3.63) is 47.8 Å². The fraction of sp³-hybridized carbons (Fsp3) is 0.429. The quantitative estimate of drug-likeness (QED) is 0.838. The van der Waals surface area contributed by atoms with Crippen molar-refractivity contribution in [2.75, 3.05) is 19.7 Å². The standard InChI is InChI=1S/C21H23N5O3/c27-18-7-6-17(22-23-18)20(28)25-11-9-21(10-12-25)19-15(8-13-29-21)14-26(24-19)16-4-2-1-3-5-16/h1-5,14H,6-13H2,(H,23,27). The SMILES string of the molecule is O=C1CCC(C(=O)N2CCC3(CC2)OCCc2cn(-c4ccccc4)nc23)=NN1. The van der Waals surface area contributed by atoms with Gasteiger partial charge < -0.3 is 9.64 Å². The van der Waals surface area contributed by atoms with Crippen LogP contribution in [0.1, 0.15) is 36.9 Å². The number of amides is 2. The Morgan fingerprint density at radius 1 is 1.10 bits per heavy atom. The summed E-state index contributed by atoms with van der Waals surface area (Å²) < 4.78 is 8.20. The molecule has 1 spiro atoms. The predicted octanol–water partition coefficient (Wildman–Crippen LogP) is 1.53. The van der Waals surface area contributed by atoms with E-state index in [0.29, 0.717) is 51.1 Å². The fourth-order valence-electron chi connectivity index (χ4n) is 4.38. The highest BCUT2D eigenvalue weighted by molar-refractivity contribution is 6.39. The minimum atomic E-state index is -0.438. The van der Waals surface area contributed by atoms with Crippen LogP contribution in [0.3, 0.4) is 0 Å². The second-order valence-electron chi connectivity index (χ2n) is 7.76. The number of hydrogen-bond donors (Lipinski definition) is 1. The number of nitrogens with zero attached hydrogens (tertiary/aromatic N) is 4. The van der Waals surface area contributed by atoms with Crippen molar-refractivity contribution in [3.63, 3.8) is 0 Å². The van der Waals surface area contributed by atoms with Crippen LogP contribution < -0.4 is 5.43 Å². The molecular weight excluding hydrogens is 370 g/mol. The van der Waals surface area contributed by atoms with E-state index < -0.39 is 5.60 Å². The van der Waals surface area contributed by atoms with Crippen LogP contribution in [0.5, 0.6) is 0 Å². The number of hydrazone groups is 1. The highest BCUT2D eigenvalue weighted by Crippen LogP contribution is 2.41. The van der Waals surface area contributed by atoms with Crippen molar-refractivity contribution in [2.24, 2.45) is 5.10 Å². The maximum atomic E-state index is 12.7. The van der Waals surface area contributed by atoms with E-state index in [4.69, 9.17) is 9.84 Å². The Hall–Kier alpha value is -3.00. The van der Waals surface area contributed by atoms with Crippen LogP contribution in [-0.2, 0) is 26.3 Å². The molecule has 0 radical (unpaired) electrons. The number of benzene rings is 1. The van der Waals surface area contributed by atoms with Gasteiger partial charge in [-0.15, -0.1) is 0 Å². The summed E-state index contributed by atoms with van der Waals surface area (Å²) in [6.07, 6.45) is 5.07. The second-order valence-corrected chi connectivity index (χ2v) is 7.76. The molecule has 1 N–H and O–H groups in total. The Bertz CT molecular complexity index is 973. The third-order valence-corrected chi connectivity index (χ3v) is 6.00. The number of carbonyl (C=O) groups is 2. The summed E-state index contributed by atoms with van der Waals surface area (Å²) in [6.45, 7) is 1.84. The molecule has 8 heteroatoms. The van der Waals surface area contributed by atoms with Gasteiger partial charge in [-0.05, 0) is 37.0 Å². The molecule has 8 nitrogen and oxygen atoms in total. The van der Waals surface area contributed by atoms with E-state index in [9.17, 15) is 9.59 Å². The lowest BCUT2D eigenvalue weighted by Crippen LogP contribution is -2.50. The van der Waals surface area contributed by atoms with Gasteiger partial charge in [-0.3, -0.25) is 9.59 Å². The van der Waals surface area contributed by atoms with Crippen molar-refractivity contribution in [2.45, 2.75) is 37.7 Å². The zero-order valence-electron chi connectivity index (χ0n) is 16.1. The Morgan fingerprint density at radius 3 is 2.62 bits per heavy atom. The number of nitrogens with one attached hydrogen (secondary N) is 1. The first-order valence-electron chi connectivity index (χ1n) is 10.1. The van der Waals surface area contributed by atoms with Gasteiger partial charge in [0.2, 0.25) is 5.91 Å². The molecule has 1 aromatic heterocycles. The molecule has 0 unspecified atom stereocenters. The highest BCUT2D eigenvalue weighted by Gasteiger charge is 2.44. The average molecular weight is 393 g/mol. The van der Waals surface area contributed by atoms with Crippen LogP contribution in [0, 0.1) is 0 Å². The molecule has 5 rings (SSSR count). The van der Waals surface area contributed by atoms with Gasteiger partial charge in [-0.25, -0.2) is 10.1 Å². The number of piperidine rings is 1. The molecule has 1 fully saturated rings. The third kappa shape index (κ3) is 3.23. The van der Waals surface area contributed by atoms with E-state index in [1.54, 1.807) is 0 Å². The Kier molecular flexibility index (Phi) is 4.43. The summed E-state index contributed by atoms with van der Waals surface area (Å²) in [5.74, 6) is -0.234. The van der Waals surface area contributed by atoms with Gasteiger partial charge in [0, 0.05) is 32.1 Å². The number of fused-ring (bicyclic) bond motifs is 2. The van der Waals surface area contributed by atoms with Crippen molar-refractivity contribution >= 4 is 17.5 Å². The van der Waals surface area contributed by atoms with Crippen LogP contribution in [0.4, 0.5) is 0 Å². The van der Waals surface area contributed by atoms with Gasteiger partial charge in [0.15, 0.2) is 0 Å². The predicted molar refractivity (Wildman–Crippen MR) is 106 cm³/mol. The lowest BCUT2D eigenvalue weighted by molar-refractivity contribution is -0.135. The summed E-state index contributed by atoms with van der Waals surface area (Å²) in [4.78, 5) is 25.8. The Morgan fingerprint density at radius 2 is 1.90 bits per heavy atom. The maximum Gasteiger partial charge on any atom is 0.270 e. The number of rotatable bonds is 2. The van der Waals surface area contributed by atoms with Crippen LogP contribution >= 0.6 is 0 Å². The molecule has 4 heterocycles. The first-order chi connectivity index (χ1) is 14.1. The minimum absolute atomic E-state index is 0.0919. The van der Waals surface area contributed by atoms with Crippen molar-refractivity contribution in [3.8, 4) is 5.69 Å². The largest absolute Gasteiger partial charge is 0.368 e. The lowest BCUT2D eigenvalue weighted by Gasteiger charge is -2.43. The van der Waals surface area contributed by atoms with Crippen LogP contribution in [0.15, 0.2) is 41.6 Å². The van der Waals surface area contributed by atoms with Crippen molar-refractivity contribution in [1.29, 1.82) is 0 Å². The molecule has 3 aliphatic rings. The van der Waals surface area contributed by atoms with Crippen molar-refractivity contribution in [1.82, 2.24) is 20.1 Å². The molecule has 0 aliphatic carbocycles. The second kappa shape index (κ2) is 7.11. The molecule has 150 valence electrons. The zero-order chi connectivity index (χ0) is 19.8.